The summed E-state index contributed by atoms with van der Waals surface area (Å²) in [4.78, 5) is 16.5. The lowest BCUT2D eigenvalue weighted by Crippen LogP contribution is -2.40. The molecular weight excluding hydrogens is 340 g/mol. The fourth-order valence-corrected chi connectivity index (χ4v) is 3.44. The Bertz CT molecular complexity index is 843. The average molecular weight is 353 g/mol. The highest BCUT2D eigenvalue weighted by Gasteiger charge is 2.48. The zero-order valence-electron chi connectivity index (χ0n) is 11.6. The van der Waals surface area contributed by atoms with Crippen molar-refractivity contribution >= 4 is 27.4 Å². The van der Waals surface area contributed by atoms with Gasteiger partial charge < -0.3 is 10.3 Å². The lowest BCUT2D eigenvalue weighted by Gasteiger charge is -2.28. The molecule has 0 saturated carbocycles. The first-order valence-corrected chi connectivity index (χ1v) is 7.83. The minimum absolute atomic E-state index is 0.0532. The second-order valence-corrected chi connectivity index (χ2v) is 6.26. The average Bonchev–Trinajstić information content (AvgIpc) is 3.17. The van der Waals surface area contributed by atoms with E-state index < -0.39 is 5.54 Å². The molecule has 0 saturated heterocycles. The summed E-state index contributed by atoms with van der Waals surface area (Å²) in [7, 11) is 0. The largest absolute Gasteiger partial charge is 0.363 e. The van der Waals surface area contributed by atoms with E-state index in [0.29, 0.717) is 5.56 Å². The zero-order chi connectivity index (χ0) is 15.2. The number of hydrogen-bond acceptors (Lipinski definition) is 2. The van der Waals surface area contributed by atoms with E-state index in [4.69, 9.17) is 0 Å². The molecule has 1 atom stereocenters. The van der Waals surface area contributed by atoms with Gasteiger partial charge in [-0.05, 0) is 35.9 Å². The minimum atomic E-state index is -0.895. The van der Waals surface area contributed by atoms with E-state index in [1.54, 1.807) is 0 Å². The standard InChI is InChI=1S/C18H13BrN2O/c19-13-8-9-15-14(11-13)17(22)18(21-15,16-7-4-10-20-16)12-5-2-1-3-6-12/h1-11,20-21H/t18-/m1/s1. The van der Waals surface area contributed by atoms with Gasteiger partial charge in [0.1, 0.15) is 0 Å². The highest BCUT2D eigenvalue weighted by Crippen LogP contribution is 2.43. The molecule has 0 radical (unpaired) electrons. The van der Waals surface area contributed by atoms with Gasteiger partial charge in [-0.3, -0.25) is 4.79 Å². The second kappa shape index (κ2) is 4.85. The van der Waals surface area contributed by atoms with Gasteiger partial charge in [0.05, 0.1) is 5.69 Å². The summed E-state index contributed by atoms with van der Waals surface area (Å²) in [6, 6.07) is 19.4. The number of anilines is 1. The number of H-pyrrole nitrogens is 1. The summed E-state index contributed by atoms with van der Waals surface area (Å²) >= 11 is 3.45. The maximum Gasteiger partial charge on any atom is 0.201 e. The lowest BCUT2D eigenvalue weighted by atomic mass is 9.83. The molecule has 1 aliphatic heterocycles. The molecule has 4 rings (SSSR count). The van der Waals surface area contributed by atoms with E-state index in [1.807, 2.05) is 66.9 Å². The van der Waals surface area contributed by atoms with E-state index in [-0.39, 0.29) is 5.78 Å². The van der Waals surface area contributed by atoms with E-state index in [2.05, 4.69) is 26.2 Å². The number of nitrogens with one attached hydrogen (secondary N) is 2. The third-order valence-corrected chi connectivity index (χ3v) is 4.59. The zero-order valence-corrected chi connectivity index (χ0v) is 13.2. The van der Waals surface area contributed by atoms with Gasteiger partial charge in [-0.25, -0.2) is 0 Å². The first-order chi connectivity index (χ1) is 10.7. The molecule has 108 valence electrons. The summed E-state index contributed by atoms with van der Waals surface area (Å²) in [5, 5.41) is 3.44. The van der Waals surface area contributed by atoms with Gasteiger partial charge >= 0.3 is 0 Å². The summed E-state index contributed by atoms with van der Waals surface area (Å²) in [6.45, 7) is 0. The van der Waals surface area contributed by atoms with Gasteiger partial charge in [0.2, 0.25) is 5.78 Å². The number of carbonyl (C=O) groups is 1. The van der Waals surface area contributed by atoms with Gasteiger partial charge in [-0.15, -0.1) is 0 Å². The number of ketones is 1. The van der Waals surface area contributed by atoms with E-state index in [1.165, 1.54) is 0 Å². The molecule has 0 bridgehead atoms. The van der Waals surface area contributed by atoms with Gasteiger partial charge in [-0.1, -0.05) is 46.3 Å². The number of benzene rings is 2. The fourth-order valence-electron chi connectivity index (χ4n) is 3.07. The first-order valence-electron chi connectivity index (χ1n) is 7.04. The van der Waals surface area contributed by atoms with E-state index in [0.717, 1.165) is 21.4 Å². The van der Waals surface area contributed by atoms with Crippen LogP contribution in [0.2, 0.25) is 0 Å². The monoisotopic (exact) mass is 352 g/mol. The smallest absolute Gasteiger partial charge is 0.201 e. The van der Waals surface area contributed by atoms with Crippen molar-refractivity contribution in [1.29, 1.82) is 0 Å². The Morgan fingerprint density at radius 1 is 0.955 bits per heavy atom. The number of carbonyl (C=O) groups excluding carboxylic acids is 1. The second-order valence-electron chi connectivity index (χ2n) is 5.34. The Morgan fingerprint density at radius 2 is 1.77 bits per heavy atom. The molecule has 1 aromatic heterocycles. The molecule has 22 heavy (non-hydrogen) atoms. The molecule has 0 fully saturated rings. The molecule has 0 amide bonds. The van der Waals surface area contributed by atoms with Crippen LogP contribution in [-0.2, 0) is 5.54 Å². The molecular formula is C18H13BrN2O. The molecule has 3 nitrogen and oxygen atoms in total. The van der Waals surface area contributed by atoms with Crippen molar-refractivity contribution in [2.24, 2.45) is 0 Å². The molecule has 4 heteroatoms. The van der Waals surface area contributed by atoms with Crippen molar-refractivity contribution in [2.75, 3.05) is 5.32 Å². The van der Waals surface area contributed by atoms with Gasteiger partial charge in [0.15, 0.2) is 5.54 Å². The lowest BCUT2D eigenvalue weighted by molar-refractivity contribution is 0.0939. The normalized spacial score (nSPS) is 19.8. The summed E-state index contributed by atoms with van der Waals surface area (Å²) in [6.07, 6.45) is 1.84. The predicted molar refractivity (Wildman–Crippen MR) is 90.1 cm³/mol. The molecule has 3 aromatic rings. The Kier molecular flexibility index (Phi) is 2.94. The number of Topliss-reactive ketones (excluding diaryl/α,β-unsaturated/α-hetero) is 1. The highest BCUT2D eigenvalue weighted by atomic mass is 79.9. The first kappa shape index (κ1) is 13.3. The third kappa shape index (κ3) is 1.77. The molecule has 0 aliphatic carbocycles. The van der Waals surface area contributed by atoms with Gasteiger partial charge in [-0.2, -0.15) is 0 Å². The molecule has 2 N–H and O–H groups in total. The number of aromatic amines is 1. The van der Waals surface area contributed by atoms with Crippen LogP contribution < -0.4 is 5.32 Å². The van der Waals surface area contributed by atoms with Crippen LogP contribution in [0.5, 0.6) is 0 Å². The highest BCUT2D eigenvalue weighted by molar-refractivity contribution is 9.10. The Morgan fingerprint density at radius 3 is 2.50 bits per heavy atom. The number of rotatable bonds is 2. The maximum absolute atomic E-state index is 13.3. The van der Waals surface area contributed by atoms with Crippen LogP contribution in [0, 0.1) is 0 Å². The van der Waals surface area contributed by atoms with Gasteiger partial charge in [0, 0.05) is 21.9 Å². The minimum Gasteiger partial charge on any atom is -0.363 e. The van der Waals surface area contributed by atoms with E-state index in [9.17, 15) is 4.79 Å². The third-order valence-electron chi connectivity index (χ3n) is 4.10. The van der Waals surface area contributed by atoms with Crippen LogP contribution >= 0.6 is 15.9 Å². The van der Waals surface area contributed by atoms with Crippen LogP contribution in [0.1, 0.15) is 21.6 Å². The van der Waals surface area contributed by atoms with E-state index >= 15 is 0 Å². The van der Waals surface area contributed by atoms with Crippen LogP contribution in [0.4, 0.5) is 5.69 Å². The molecule has 0 spiro atoms. The Labute approximate surface area is 136 Å². The summed E-state index contributed by atoms with van der Waals surface area (Å²) in [5.74, 6) is 0.0532. The molecule has 2 heterocycles. The van der Waals surface area contributed by atoms with Gasteiger partial charge in [0.25, 0.3) is 0 Å². The van der Waals surface area contributed by atoms with Crippen LogP contribution in [0.25, 0.3) is 0 Å². The fraction of sp³-hybridized carbons (Fsp3) is 0.0556. The van der Waals surface area contributed by atoms with Crippen molar-refractivity contribution in [3.63, 3.8) is 0 Å². The quantitative estimate of drug-likeness (QED) is 0.720. The van der Waals surface area contributed by atoms with Crippen molar-refractivity contribution in [2.45, 2.75) is 5.54 Å². The Hall–Kier alpha value is -2.33. The number of aromatic nitrogens is 1. The van der Waals surface area contributed by atoms with Crippen molar-refractivity contribution in [3.8, 4) is 0 Å². The topological polar surface area (TPSA) is 44.9 Å². The Balaban J connectivity index is 1.98. The molecule has 0 unspecified atom stereocenters. The van der Waals surface area contributed by atoms with Crippen LogP contribution in [-0.4, -0.2) is 10.8 Å². The van der Waals surface area contributed by atoms with Crippen LogP contribution in [0.3, 0.4) is 0 Å². The van der Waals surface area contributed by atoms with Crippen molar-refractivity contribution in [3.05, 3.63) is 88.2 Å². The molecule has 1 aliphatic rings. The molecule has 2 aromatic carbocycles. The van der Waals surface area contributed by atoms with Crippen LogP contribution in [0.15, 0.2) is 71.3 Å². The van der Waals surface area contributed by atoms with Crippen molar-refractivity contribution < 1.29 is 4.79 Å². The van der Waals surface area contributed by atoms with Crippen molar-refractivity contribution in [1.82, 2.24) is 4.98 Å². The predicted octanol–water partition coefficient (Wildman–Crippen LogP) is 4.33. The number of fused-ring (bicyclic) bond motifs is 1. The SMILES string of the molecule is O=C1c2cc(Br)ccc2N[C@]1(c1ccccc1)c1ccc[nH]1. The summed E-state index contributed by atoms with van der Waals surface area (Å²) in [5.41, 5.74) is 2.43. The number of hydrogen-bond donors (Lipinski definition) is 2. The summed E-state index contributed by atoms with van der Waals surface area (Å²) < 4.78 is 0.900. The maximum atomic E-state index is 13.3. The number of halogens is 1.